The molecule has 3 rings (SSSR count). The molecule has 0 saturated heterocycles. The Kier molecular flexibility index (Phi) is 7.04. The fourth-order valence-corrected chi connectivity index (χ4v) is 2.88. The summed E-state index contributed by atoms with van der Waals surface area (Å²) in [4.78, 5) is 34.7. The Morgan fingerprint density at radius 3 is 2.44 bits per heavy atom. The van der Waals surface area contributed by atoms with Crippen LogP contribution in [0.15, 0.2) is 59.2 Å². The van der Waals surface area contributed by atoms with Crippen molar-refractivity contribution in [2.75, 3.05) is 29.6 Å². The van der Waals surface area contributed by atoms with Crippen molar-refractivity contribution in [3.05, 3.63) is 76.2 Å². The number of furan rings is 1. The zero-order chi connectivity index (χ0) is 24.9. The van der Waals surface area contributed by atoms with E-state index < -0.39 is 46.4 Å². The van der Waals surface area contributed by atoms with Gasteiger partial charge in [-0.15, -0.1) is 0 Å². The van der Waals surface area contributed by atoms with Gasteiger partial charge in [0.2, 0.25) is 5.91 Å². The van der Waals surface area contributed by atoms with E-state index in [-0.39, 0.29) is 22.9 Å². The molecule has 0 saturated carbocycles. The van der Waals surface area contributed by atoms with Crippen LogP contribution in [0.2, 0.25) is 0 Å². The van der Waals surface area contributed by atoms with E-state index in [1.807, 2.05) is 0 Å². The standard InChI is InChI=1S/C21H17F3N4O6/c1-33-13-5-7-16(17(10-13)28(31)32)27-19(29)11-25-15-6-4-12(9-14(15)21(22,23)24)26-20(30)18-3-2-8-34-18/h2-10,25H,11H2,1H3,(H,26,30)(H,27,29). The second-order valence-electron chi connectivity index (χ2n) is 6.73. The average molecular weight is 478 g/mol. The van der Waals surface area contributed by atoms with Gasteiger partial charge < -0.3 is 25.1 Å². The zero-order valence-corrected chi connectivity index (χ0v) is 17.4. The number of hydrogen-bond donors (Lipinski definition) is 3. The Labute approximate surface area is 189 Å². The maximum atomic E-state index is 13.6. The minimum Gasteiger partial charge on any atom is -0.496 e. The molecule has 2 amide bonds. The number of ether oxygens (including phenoxy) is 1. The van der Waals surface area contributed by atoms with Crippen LogP contribution in [0, 0.1) is 10.1 Å². The largest absolute Gasteiger partial charge is 0.496 e. The lowest BCUT2D eigenvalue weighted by molar-refractivity contribution is -0.384. The lowest BCUT2D eigenvalue weighted by Gasteiger charge is -2.16. The van der Waals surface area contributed by atoms with Gasteiger partial charge in [-0.1, -0.05) is 0 Å². The highest BCUT2D eigenvalue weighted by molar-refractivity contribution is 6.02. The fraction of sp³-hybridized carbons (Fsp3) is 0.143. The Hall–Kier alpha value is -4.55. The van der Waals surface area contributed by atoms with Crippen LogP contribution in [0.25, 0.3) is 0 Å². The average Bonchev–Trinajstić information content (AvgIpc) is 3.33. The number of amides is 2. The molecule has 0 aliphatic heterocycles. The number of benzene rings is 2. The van der Waals surface area contributed by atoms with Crippen LogP contribution in [-0.4, -0.2) is 30.4 Å². The van der Waals surface area contributed by atoms with Gasteiger partial charge in [0.15, 0.2) is 5.76 Å². The SMILES string of the molecule is COc1ccc(NC(=O)CNc2ccc(NC(=O)c3ccco3)cc2C(F)(F)F)c([N+](=O)[O-])c1. The highest BCUT2D eigenvalue weighted by atomic mass is 19.4. The lowest BCUT2D eigenvalue weighted by Crippen LogP contribution is -2.23. The smallest absolute Gasteiger partial charge is 0.418 e. The van der Waals surface area contributed by atoms with E-state index in [1.54, 1.807) is 0 Å². The summed E-state index contributed by atoms with van der Waals surface area (Å²) in [5.74, 6) is -1.45. The van der Waals surface area contributed by atoms with Crippen LogP contribution in [0.1, 0.15) is 16.1 Å². The summed E-state index contributed by atoms with van der Waals surface area (Å²) < 4.78 is 50.5. The number of hydrogen-bond acceptors (Lipinski definition) is 7. The van der Waals surface area contributed by atoms with Crippen LogP contribution in [0.3, 0.4) is 0 Å². The third-order valence-corrected chi connectivity index (χ3v) is 4.44. The molecule has 0 atom stereocenters. The highest BCUT2D eigenvalue weighted by Gasteiger charge is 2.34. The first-order valence-corrected chi connectivity index (χ1v) is 9.50. The molecule has 0 aliphatic carbocycles. The summed E-state index contributed by atoms with van der Waals surface area (Å²) in [5.41, 5.74) is -2.29. The van der Waals surface area contributed by atoms with Gasteiger partial charge in [-0.2, -0.15) is 13.2 Å². The number of anilines is 3. The van der Waals surface area contributed by atoms with Gasteiger partial charge in [0.25, 0.3) is 11.6 Å². The summed E-state index contributed by atoms with van der Waals surface area (Å²) in [5, 5.41) is 18.1. The Bertz CT molecular complexity index is 1210. The van der Waals surface area contributed by atoms with Crippen molar-refractivity contribution in [1.82, 2.24) is 0 Å². The molecular formula is C21H17F3N4O6. The third-order valence-electron chi connectivity index (χ3n) is 4.44. The first-order valence-electron chi connectivity index (χ1n) is 9.50. The van der Waals surface area contributed by atoms with Crippen molar-refractivity contribution in [3.63, 3.8) is 0 Å². The number of nitro groups is 1. The van der Waals surface area contributed by atoms with Crippen molar-refractivity contribution in [1.29, 1.82) is 0 Å². The Balaban J connectivity index is 1.73. The molecule has 0 aliphatic rings. The van der Waals surface area contributed by atoms with E-state index in [0.29, 0.717) is 6.07 Å². The summed E-state index contributed by atoms with van der Waals surface area (Å²) in [7, 11) is 1.31. The van der Waals surface area contributed by atoms with Crippen molar-refractivity contribution >= 4 is 34.6 Å². The van der Waals surface area contributed by atoms with E-state index >= 15 is 0 Å². The van der Waals surface area contributed by atoms with Gasteiger partial charge in [0.1, 0.15) is 11.4 Å². The molecule has 13 heteroatoms. The number of nitrogens with zero attached hydrogens (tertiary/aromatic N) is 1. The van der Waals surface area contributed by atoms with Gasteiger partial charge in [-0.25, -0.2) is 0 Å². The quantitative estimate of drug-likeness (QED) is 0.320. The number of rotatable bonds is 8. The molecule has 178 valence electrons. The Morgan fingerprint density at radius 2 is 1.82 bits per heavy atom. The first-order chi connectivity index (χ1) is 16.1. The maximum absolute atomic E-state index is 13.6. The monoisotopic (exact) mass is 478 g/mol. The van der Waals surface area contributed by atoms with Gasteiger partial charge in [0, 0.05) is 11.4 Å². The maximum Gasteiger partial charge on any atom is 0.418 e. The second-order valence-corrected chi connectivity index (χ2v) is 6.73. The molecule has 10 nitrogen and oxygen atoms in total. The number of carbonyl (C=O) groups excluding carboxylic acids is 2. The van der Waals surface area contributed by atoms with Crippen LogP contribution in [0.4, 0.5) is 35.9 Å². The second kappa shape index (κ2) is 9.94. The van der Waals surface area contributed by atoms with Crippen molar-refractivity contribution in [2.45, 2.75) is 6.18 Å². The molecule has 0 radical (unpaired) electrons. The molecule has 2 aromatic carbocycles. The van der Waals surface area contributed by atoms with E-state index in [4.69, 9.17) is 9.15 Å². The van der Waals surface area contributed by atoms with Gasteiger partial charge >= 0.3 is 6.18 Å². The third kappa shape index (κ3) is 5.82. The van der Waals surface area contributed by atoms with Gasteiger partial charge in [-0.05, 0) is 42.5 Å². The van der Waals surface area contributed by atoms with Crippen LogP contribution < -0.4 is 20.7 Å². The molecule has 1 aromatic heterocycles. The van der Waals surface area contributed by atoms with Crippen molar-refractivity contribution in [2.24, 2.45) is 0 Å². The molecule has 3 N–H and O–H groups in total. The summed E-state index contributed by atoms with van der Waals surface area (Å²) in [6.45, 7) is -0.621. The minimum atomic E-state index is -4.81. The van der Waals surface area contributed by atoms with E-state index in [1.165, 1.54) is 43.7 Å². The number of methoxy groups -OCH3 is 1. The molecule has 1 heterocycles. The van der Waals surface area contributed by atoms with Crippen LogP contribution >= 0.6 is 0 Å². The number of nitrogens with one attached hydrogen (secondary N) is 3. The molecular weight excluding hydrogens is 461 g/mol. The topological polar surface area (TPSA) is 136 Å². The van der Waals surface area contributed by atoms with Crippen LogP contribution in [0.5, 0.6) is 5.75 Å². The number of nitro benzene ring substituents is 1. The van der Waals surface area contributed by atoms with Gasteiger partial charge in [-0.3, -0.25) is 19.7 Å². The molecule has 3 aromatic rings. The molecule has 0 fully saturated rings. The molecule has 0 spiro atoms. The number of carbonyl (C=O) groups is 2. The minimum absolute atomic E-state index is 0.0833. The number of alkyl halides is 3. The summed E-state index contributed by atoms with van der Waals surface area (Å²) in [6.07, 6.45) is -3.56. The highest BCUT2D eigenvalue weighted by Crippen LogP contribution is 2.37. The molecule has 0 unspecified atom stereocenters. The molecule has 0 bridgehead atoms. The fourth-order valence-electron chi connectivity index (χ4n) is 2.88. The summed E-state index contributed by atoms with van der Waals surface area (Å²) in [6, 6.07) is 9.49. The number of halogens is 3. The zero-order valence-electron chi connectivity index (χ0n) is 17.4. The first kappa shape index (κ1) is 24.1. The van der Waals surface area contributed by atoms with Crippen LogP contribution in [-0.2, 0) is 11.0 Å². The molecule has 34 heavy (non-hydrogen) atoms. The van der Waals surface area contributed by atoms with E-state index in [0.717, 1.165) is 12.1 Å². The van der Waals surface area contributed by atoms with E-state index in [2.05, 4.69) is 16.0 Å². The predicted octanol–water partition coefficient (Wildman–Crippen LogP) is 4.52. The van der Waals surface area contributed by atoms with Crippen molar-refractivity contribution < 1.29 is 36.8 Å². The van der Waals surface area contributed by atoms with E-state index in [9.17, 15) is 32.9 Å². The summed E-state index contributed by atoms with van der Waals surface area (Å²) >= 11 is 0. The normalized spacial score (nSPS) is 10.9. The van der Waals surface area contributed by atoms with Gasteiger partial charge in [0.05, 0.1) is 36.5 Å². The van der Waals surface area contributed by atoms with Crippen molar-refractivity contribution in [3.8, 4) is 5.75 Å². The Morgan fingerprint density at radius 1 is 1.09 bits per heavy atom. The lowest BCUT2D eigenvalue weighted by atomic mass is 10.1. The predicted molar refractivity (Wildman–Crippen MR) is 115 cm³/mol.